The second-order valence-corrected chi connectivity index (χ2v) is 9.71. The molecule has 0 bridgehead atoms. The molecule has 1 aromatic carbocycles. The normalized spacial score (nSPS) is 22.0. The Morgan fingerprint density at radius 3 is 2.82 bits per heavy atom. The van der Waals surface area contributed by atoms with Crippen molar-refractivity contribution < 1.29 is 23.9 Å². The van der Waals surface area contributed by atoms with E-state index in [2.05, 4.69) is 15.6 Å². The molecule has 4 rings (SSSR count). The SMILES string of the molecule is CC1CCCCC12NC(=O)N(CC(=O)OCc1csc(CC(=O)NCc3ccccc3)n1)C2=O. The first-order valence-electron chi connectivity index (χ1n) is 11.4. The highest BCUT2D eigenvalue weighted by molar-refractivity contribution is 7.09. The van der Waals surface area contributed by atoms with Crippen molar-refractivity contribution in [1.82, 2.24) is 20.5 Å². The van der Waals surface area contributed by atoms with Gasteiger partial charge in [-0.3, -0.25) is 19.3 Å². The molecule has 2 aliphatic rings. The fourth-order valence-electron chi connectivity index (χ4n) is 4.46. The van der Waals surface area contributed by atoms with Crippen LogP contribution in [0.15, 0.2) is 35.7 Å². The summed E-state index contributed by atoms with van der Waals surface area (Å²) in [6.45, 7) is 1.88. The topological polar surface area (TPSA) is 118 Å². The minimum atomic E-state index is -0.902. The van der Waals surface area contributed by atoms with Crippen LogP contribution < -0.4 is 10.6 Å². The van der Waals surface area contributed by atoms with E-state index in [9.17, 15) is 19.2 Å². The van der Waals surface area contributed by atoms with Gasteiger partial charge in [0.1, 0.15) is 23.7 Å². The highest BCUT2D eigenvalue weighted by Crippen LogP contribution is 2.38. The third-order valence-corrected chi connectivity index (χ3v) is 7.31. The molecule has 2 heterocycles. The van der Waals surface area contributed by atoms with Crippen molar-refractivity contribution in [3.63, 3.8) is 0 Å². The lowest BCUT2D eigenvalue weighted by molar-refractivity contribution is -0.149. The molecule has 34 heavy (non-hydrogen) atoms. The Balaban J connectivity index is 1.23. The van der Waals surface area contributed by atoms with Crippen LogP contribution in [0.4, 0.5) is 4.79 Å². The van der Waals surface area contributed by atoms with Crippen LogP contribution in [0.2, 0.25) is 0 Å². The maximum atomic E-state index is 12.9. The van der Waals surface area contributed by atoms with Crippen molar-refractivity contribution in [1.29, 1.82) is 0 Å². The molecule has 1 spiro atoms. The van der Waals surface area contributed by atoms with E-state index in [1.165, 1.54) is 11.3 Å². The van der Waals surface area contributed by atoms with Crippen molar-refractivity contribution in [3.05, 3.63) is 52.0 Å². The van der Waals surface area contributed by atoms with E-state index in [1.54, 1.807) is 5.38 Å². The predicted octanol–water partition coefficient (Wildman–Crippen LogP) is 2.55. The second-order valence-electron chi connectivity index (χ2n) is 8.77. The molecule has 2 N–H and O–H groups in total. The first-order valence-corrected chi connectivity index (χ1v) is 12.3. The first-order chi connectivity index (χ1) is 16.4. The Labute approximate surface area is 201 Å². The third-order valence-electron chi connectivity index (χ3n) is 6.41. The van der Waals surface area contributed by atoms with Gasteiger partial charge in [-0.1, -0.05) is 50.1 Å². The number of urea groups is 1. The van der Waals surface area contributed by atoms with E-state index in [0.717, 1.165) is 29.7 Å². The van der Waals surface area contributed by atoms with Crippen molar-refractivity contribution >= 4 is 35.2 Å². The Morgan fingerprint density at radius 2 is 2.06 bits per heavy atom. The van der Waals surface area contributed by atoms with Crippen molar-refractivity contribution in [2.45, 2.75) is 57.7 Å². The quantitative estimate of drug-likeness (QED) is 0.439. The fraction of sp³-hybridized carbons (Fsp3) is 0.458. The maximum Gasteiger partial charge on any atom is 0.326 e. The number of nitrogens with zero attached hydrogens (tertiary/aromatic N) is 2. The summed E-state index contributed by atoms with van der Waals surface area (Å²) in [5.41, 5.74) is 0.621. The van der Waals surface area contributed by atoms with Crippen LogP contribution in [-0.2, 0) is 38.7 Å². The number of benzene rings is 1. The van der Waals surface area contributed by atoms with Crippen LogP contribution in [0.1, 0.15) is 48.9 Å². The van der Waals surface area contributed by atoms with Crippen LogP contribution in [0, 0.1) is 5.92 Å². The molecule has 1 aliphatic heterocycles. The zero-order chi connectivity index (χ0) is 24.1. The van der Waals surface area contributed by atoms with Crippen molar-refractivity contribution in [2.75, 3.05) is 6.54 Å². The zero-order valence-corrected chi connectivity index (χ0v) is 19.9. The summed E-state index contributed by atoms with van der Waals surface area (Å²) >= 11 is 1.31. The third kappa shape index (κ3) is 5.27. The Kier molecular flexibility index (Phi) is 7.26. The molecule has 4 amide bonds. The van der Waals surface area contributed by atoms with Crippen molar-refractivity contribution in [3.8, 4) is 0 Å². The lowest BCUT2D eigenvalue weighted by Crippen LogP contribution is -2.54. The lowest BCUT2D eigenvalue weighted by atomic mass is 9.73. The second kappa shape index (κ2) is 10.3. The zero-order valence-electron chi connectivity index (χ0n) is 19.0. The number of carbonyl (C=O) groups is 4. The molecule has 1 saturated heterocycles. The van der Waals surface area contributed by atoms with Gasteiger partial charge in [0.05, 0.1) is 12.1 Å². The fourth-order valence-corrected chi connectivity index (χ4v) is 5.24. The van der Waals surface area contributed by atoms with Crippen LogP contribution >= 0.6 is 11.3 Å². The number of ether oxygens (including phenoxy) is 1. The Bertz CT molecular complexity index is 1070. The van der Waals surface area contributed by atoms with Gasteiger partial charge in [0.25, 0.3) is 5.91 Å². The average molecular weight is 485 g/mol. The van der Waals surface area contributed by atoms with Gasteiger partial charge in [-0.05, 0) is 24.3 Å². The first kappa shape index (κ1) is 23.9. The van der Waals surface area contributed by atoms with E-state index in [0.29, 0.717) is 23.7 Å². The van der Waals surface area contributed by atoms with Gasteiger partial charge in [0.15, 0.2) is 0 Å². The molecule has 2 atom stereocenters. The number of thiazole rings is 1. The van der Waals surface area contributed by atoms with Gasteiger partial charge in [0.2, 0.25) is 5.91 Å². The molecular weight excluding hydrogens is 456 g/mol. The minimum absolute atomic E-state index is 0.0250. The summed E-state index contributed by atoms with van der Waals surface area (Å²) < 4.78 is 5.24. The summed E-state index contributed by atoms with van der Waals surface area (Å²) in [4.78, 5) is 55.1. The van der Waals surface area contributed by atoms with Crippen LogP contribution in [0.25, 0.3) is 0 Å². The van der Waals surface area contributed by atoms with Gasteiger partial charge in [0, 0.05) is 11.9 Å². The number of imide groups is 1. The average Bonchev–Trinajstić information content (AvgIpc) is 3.37. The molecule has 0 radical (unpaired) electrons. The van der Waals surface area contributed by atoms with E-state index >= 15 is 0 Å². The monoisotopic (exact) mass is 484 g/mol. The lowest BCUT2D eigenvalue weighted by Gasteiger charge is -2.36. The van der Waals surface area contributed by atoms with Gasteiger partial charge in [-0.2, -0.15) is 0 Å². The van der Waals surface area contributed by atoms with Gasteiger partial charge in [-0.15, -0.1) is 11.3 Å². The Morgan fingerprint density at radius 1 is 1.26 bits per heavy atom. The van der Waals surface area contributed by atoms with Gasteiger partial charge in [-0.25, -0.2) is 9.78 Å². The van der Waals surface area contributed by atoms with E-state index in [-0.39, 0.29) is 30.8 Å². The van der Waals surface area contributed by atoms with E-state index in [1.807, 2.05) is 37.3 Å². The molecule has 180 valence electrons. The Hall–Kier alpha value is -3.27. The van der Waals surface area contributed by atoms with Crippen molar-refractivity contribution in [2.24, 2.45) is 5.92 Å². The van der Waals surface area contributed by atoms with Gasteiger partial charge >= 0.3 is 12.0 Å². The van der Waals surface area contributed by atoms with Crippen LogP contribution in [-0.4, -0.2) is 45.8 Å². The summed E-state index contributed by atoms with van der Waals surface area (Å²) in [6, 6.07) is 9.07. The van der Waals surface area contributed by atoms with Crippen LogP contribution in [0.5, 0.6) is 0 Å². The number of nitrogens with one attached hydrogen (secondary N) is 2. The highest BCUT2D eigenvalue weighted by Gasteiger charge is 2.55. The molecule has 2 aromatic rings. The molecule has 10 heteroatoms. The van der Waals surface area contributed by atoms with Crippen LogP contribution in [0.3, 0.4) is 0 Å². The molecule has 2 fully saturated rings. The number of hydrogen-bond donors (Lipinski definition) is 2. The number of aromatic nitrogens is 1. The van der Waals surface area contributed by atoms with Gasteiger partial charge < -0.3 is 15.4 Å². The summed E-state index contributed by atoms with van der Waals surface area (Å²) in [5.74, 6) is -1.15. The number of carbonyl (C=O) groups excluding carboxylic acids is 4. The standard InChI is InChI=1S/C24H28N4O5S/c1-16-7-5-6-10-24(16)22(31)28(23(32)27-24)13-21(30)33-14-18-15-34-20(26-18)11-19(29)25-12-17-8-3-2-4-9-17/h2-4,8-9,15-16H,5-7,10-14H2,1H3,(H,25,29)(H,27,32). The number of hydrogen-bond acceptors (Lipinski definition) is 7. The molecule has 1 aliphatic carbocycles. The summed E-state index contributed by atoms with van der Waals surface area (Å²) in [7, 11) is 0. The molecule has 1 saturated carbocycles. The molecular formula is C24H28N4O5S. The number of rotatable bonds is 8. The number of esters is 1. The molecule has 1 aromatic heterocycles. The highest BCUT2D eigenvalue weighted by atomic mass is 32.1. The van der Waals surface area contributed by atoms with E-state index in [4.69, 9.17) is 4.74 Å². The van der Waals surface area contributed by atoms with E-state index < -0.39 is 24.1 Å². The summed E-state index contributed by atoms with van der Waals surface area (Å²) in [5, 5.41) is 8.00. The minimum Gasteiger partial charge on any atom is -0.458 e. The smallest absolute Gasteiger partial charge is 0.326 e. The largest absolute Gasteiger partial charge is 0.458 e. The molecule has 2 unspecified atom stereocenters. The summed E-state index contributed by atoms with van der Waals surface area (Å²) in [6.07, 6.45) is 3.48. The predicted molar refractivity (Wildman–Crippen MR) is 125 cm³/mol. The maximum absolute atomic E-state index is 12.9. The molecule has 9 nitrogen and oxygen atoms in total. The number of amides is 4.